The predicted molar refractivity (Wildman–Crippen MR) is 124 cm³/mol. The number of sulfonamides is 1. The van der Waals surface area contributed by atoms with Gasteiger partial charge in [0.15, 0.2) is 0 Å². The second kappa shape index (κ2) is 9.83. The van der Waals surface area contributed by atoms with Gasteiger partial charge in [-0.05, 0) is 35.7 Å². The van der Waals surface area contributed by atoms with Crippen molar-refractivity contribution in [1.82, 2.24) is 9.79 Å². The van der Waals surface area contributed by atoms with Gasteiger partial charge >= 0.3 is 0 Å². The molecule has 1 aliphatic rings. The van der Waals surface area contributed by atoms with E-state index in [-0.39, 0.29) is 13.2 Å². The molecule has 3 aromatic rings. The lowest BCUT2D eigenvalue weighted by Crippen LogP contribution is -2.39. The molecule has 0 saturated carbocycles. The molecule has 0 spiro atoms. The highest BCUT2D eigenvalue weighted by Crippen LogP contribution is 2.34. The van der Waals surface area contributed by atoms with E-state index >= 15 is 0 Å². The molecule has 7 heteroatoms. The highest BCUT2D eigenvalue weighted by Gasteiger charge is 2.43. The van der Waals surface area contributed by atoms with Crippen molar-refractivity contribution in [1.29, 1.82) is 0 Å². The molecule has 1 aliphatic heterocycles. The van der Waals surface area contributed by atoms with Crippen LogP contribution in [0, 0.1) is 6.92 Å². The normalized spacial score (nSPS) is 19.2. The van der Waals surface area contributed by atoms with Crippen LogP contribution in [0.5, 0.6) is 5.75 Å². The molecule has 1 fully saturated rings. The Morgan fingerprint density at radius 2 is 1.75 bits per heavy atom. The van der Waals surface area contributed by atoms with Crippen LogP contribution in [0.15, 0.2) is 78.9 Å². The zero-order valence-corrected chi connectivity index (χ0v) is 19.1. The Morgan fingerprint density at radius 1 is 1.00 bits per heavy atom. The first-order valence-electron chi connectivity index (χ1n) is 10.6. The Bertz CT molecular complexity index is 1150. The summed E-state index contributed by atoms with van der Waals surface area (Å²) in [5.74, 6) is 0.690. The van der Waals surface area contributed by atoms with Crippen LogP contribution < -0.4 is 9.46 Å². The molecule has 168 valence electrons. The Morgan fingerprint density at radius 3 is 2.53 bits per heavy atom. The molecule has 0 radical (unpaired) electrons. The van der Waals surface area contributed by atoms with Crippen LogP contribution in [-0.2, 0) is 28.0 Å². The fourth-order valence-corrected chi connectivity index (χ4v) is 5.41. The van der Waals surface area contributed by atoms with Gasteiger partial charge in [0, 0.05) is 13.6 Å². The minimum atomic E-state index is -3.63. The van der Waals surface area contributed by atoms with Crippen molar-refractivity contribution in [2.45, 2.75) is 31.4 Å². The first-order valence-corrected chi connectivity index (χ1v) is 12.1. The second-order valence-corrected chi connectivity index (χ2v) is 10.0. The van der Waals surface area contributed by atoms with Gasteiger partial charge in [-0.25, -0.2) is 13.1 Å². The molecular formula is C25H28N2O4S. The summed E-state index contributed by atoms with van der Waals surface area (Å²) in [6.45, 7) is 2.78. The van der Waals surface area contributed by atoms with E-state index in [0.29, 0.717) is 12.4 Å². The largest absolute Gasteiger partial charge is 0.489 e. The molecule has 4 rings (SSSR count). The first-order chi connectivity index (χ1) is 15.4. The minimum Gasteiger partial charge on any atom is -0.489 e. The molecule has 0 aliphatic carbocycles. The summed E-state index contributed by atoms with van der Waals surface area (Å²) in [4.78, 5) is 5.63. The Hall–Kier alpha value is -2.71. The summed E-state index contributed by atoms with van der Waals surface area (Å²) in [7, 11) is -1.86. The molecule has 0 unspecified atom stereocenters. The number of hydroxylamine groups is 2. The Kier molecular flexibility index (Phi) is 6.91. The molecule has 32 heavy (non-hydrogen) atoms. The number of hydrogen-bond acceptors (Lipinski definition) is 5. The van der Waals surface area contributed by atoms with Gasteiger partial charge in [-0.1, -0.05) is 72.3 Å². The van der Waals surface area contributed by atoms with Gasteiger partial charge in [0.05, 0.1) is 12.6 Å². The standard InChI is InChI=1S/C25H28N2O4S/c1-19-8-6-11-21(14-19)16-26-32(28,29)24-18-31-27(2)25(24)22-12-7-13-23(15-22)30-17-20-9-4-3-5-10-20/h3-15,24-26H,16-18H2,1-2H3/t24-,25-/m1/s1. The van der Waals surface area contributed by atoms with Gasteiger partial charge in [-0.15, -0.1) is 0 Å². The monoisotopic (exact) mass is 452 g/mol. The maximum Gasteiger partial charge on any atom is 0.219 e. The van der Waals surface area contributed by atoms with Crippen molar-refractivity contribution in [2.75, 3.05) is 13.7 Å². The van der Waals surface area contributed by atoms with E-state index in [1.807, 2.05) is 85.8 Å². The molecule has 1 N–H and O–H groups in total. The lowest BCUT2D eigenvalue weighted by Gasteiger charge is -2.23. The van der Waals surface area contributed by atoms with Gasteiger partial charge in [-0.3, -0.25) is 4.84 Å². The molecule has 1 saturated heterocycles. The summed E-state index contributed by atoms with van der Waals surface area (Å²) in [5, 5.41) is 0.883. The summed E-state index contributed by atoms with van der Waals surface area (Å²) in [5.41, 5.74) is 3.92. The predicted octanol–water partition coefficient (Wildman–Crippen LogP) is 3.98. The summed E-state index contributed by atoms with van der Waals surface area (Å²) < 4.78 is 35.0. The fraction of sp³-hybridized carbons (Fsp3) is 0.280. The van der Waals surface area contributed by atoms with Gasteiger partial charge in [0.1, 0.15) is 17.6 Å². The molecule has 0 amide bonds. The van der Waals surface area contributed by atoms with Crippen molar-refractivity contribution in [3.63, 3.8) is 0 Å². The Balaban J connectivity index is 1.49. The van der Waals surface area contributed by atoms with Crippen molar-refractivity contribution < 1.29 is 18.0 Å². The molecule has 6 nitrogen and oxygen atoms in total. The third-order valence-electron chi connectivity index (χ3n) is 5.59. The Labute approximate surface area is 189 Å². The van der Waals surface area contributed by atoms with Crippen molar-refractivity contribution in [3.05, 3.63) is 101 Å². The summed E-state index contributed by atoms with van der Waals surface area (Å²) >= 11 is 0. The van der Waals surface area contributed by atoms with Gasteiger partial charge < -0.3 is 4.74 Å². The van der Waals surface area contributed by atoms with Crippen LogP contribution in [-0.4, -0.2) is 32.4 Å². The third-order valence-corrected chi connectivity index (χ3v) is 7.33. The van der Waals surface area contributed by atoms with Gasteiger partial charge in [0.2, 0.25) is 10.0 Å². The number of nitrogens with zero attached hydrogens (tertiary/aromatic N) is 1. The van der Waals surface area contributed by atoms with Crippen LogP contribution in [0.3, 0.4) is 0 Å². The SMILES string of the molecule is Cc1cccc(CNS(=O)(=O)[C@@H]2CON(C)[C@@H]2c2cccc(OCc3ccccc3)c2)c1. The fourth-order valence-electron chi connectivity index (χ4n) is 3.92. The molecular weight excluding hydrogens is 424 g/mol. The topological polar surface area (TPSA) is 67.9 Å². The summed E-state index contributed by atoms with van der Waals surface area (Å²) in [6, 6.07) is 24.8. The van der Waals surface area contributed by atoms with Crippen molar-refractivity contribution in [2.24, 2.45) is 0 Å². The molecule has 0 bridgehead atoms. The number of benzene rings is 3. The number of hydrogen-bond donors (Lipinski definition) is 1. The molecule has 0 aromatic heterocycles. The van der Waals surface area contributed by atoms with E-state index in [1.165, 1.54) is 0 Å². The van der Waals surface area contributed by atoms with Crippen molar-refractivity contribution in [3.8, 4) is 5.75 Å². The molecule has 2 atom stereocenters. The lowest BCUT2D eigenvalue weighted by molar-refractivity contribution is -0.110. The molecule has 3 aromatic carbocycles. The number of rotatable bonds is 8. The van der Waals surface area contributed by atoms with Crippen LogP contribution >= 0.6 is 0 Å². The highest BCUT2D eigenvalue weighted by molar-refractivity contribution is 7.90. The van der Waals surface area contributed by atoms with E-state index in [1.54, 1.807) is 12.1 Å². The van der Waals surface area contributed by atoms with Crippen molar-refractivity contribution >= 4 is 10.0 Å². The summed E-state index contributed by atoms with van der Waals surface area (Å²) in [6.07, 6.45) is 0. The van der Waals surface area contributed by atoms with E-state index < -0.39 is 21.3 Å². The van der Waals surface area contributed by atoms with Crippen LogP contribution in [0.1, 0.15) is 28.3 Å². The zero-order chi connectivity index (χ0) is 22.6. The average Bonchev–Trinajstić information content (AvgIpc) is 3.20. The van der Waals surface area contributed by atoms with Crippen LogP contribution in [0.4, 0.5) is 0 Å². The van der Waals surface area contributed by atoms with Crippen LogP contribution in [0.2, 0.25) is 0 Å². The van der Waals surface area contributed by atoms with E-state index in [4.69, 9.17) is 9.57 Å². The third kappa shape index (κ3) is 5.37. The smallest absolute Gasteiger partial charge is 0.219 e. The zero-order valence-electron chi connectivity index (χ0n) is 18.3. The van der Waals surface area contributed by atoms with Gasteiger partial charge in [-0.2, -0.15) is 5.06 Å². The first kappa shape index (κ1) is 22.5. The maximum atomic E-state index is 13.2. The van der Waals surface area contributed by atoms with Crippen LogP contribution in [0.25, 0.3) is 0 Å². The van der Waals surface area contributed by atoms with E-state index in [2.05, 4.69) is 4.72 Å². The van der Waals surface area contributed by atoms with E-state index in [9.17, 15) is 8.42 Å². The maximum absolute atomic E-state index is 13.2. The number of aryl methyl sites for hydroxylation is 1. The number of ether oxygens (including phenoxy) is 1. The lowest BCUT2D eigenvalue weighted by atomic mass is 10.0. The number of nitrogens with one attached hydrogen (secondary N) is 1. The quantitative estimate of drug-likeness (QED) is 0.560. The second-order valence-electron chi connectivity index (χ2n) is 8.03. The van der Waals surface area contributed by atoms with E-state index in [0.717, 1.165) is 22.3 Å². The van der Waals surface area contributed by atoms with Gasteiger partial charge in [0.25, 0.3) is 0 Å². The molecule has 1 heterocycles. The highest BCUT2D eigenvalue weighted by atomic mass is 32.2. The average molecular weight is 453 g/mol. The minimum absolute atomic E-state index is 0.0966.